The van der Waals surface area contributed by atoms with Gasteiger partial charge in [0.15, 0.2) is 5.69 Å². The molecule has 2 aromatic heterocycles. The Bertz CT molecular complexity index is 626. The number of aromatic amines is 1. The second kappa shape index (κ2) is 7.38. The molecule has 0 aliphatic heterocycles. The van der Waals surface area contributed by atoms with Gasteiger partial charge in [0.05, 0.1) is 23.4 Å². The van der Waals surface area contributed by atoms with Crippen molar-refractivity contribution >= 4 is 17.5 Å². The van der Waals surface area contributed by atoms with Crippen LogP contribution >= 0.6 is 11.6 Å². The Morgan fingerprint density at radius 1 is 1.55 bits per heavy atom. The minimum atomic E-state index is -0.306. The van der Waals surface area contributed by atoms with Crippen molar-refractivity contribution in [3.63, 3.8) is 0 Å². The Hall–Kier alpha value is -1.92. The summed E-state index contributed by atoms with van der Waals surface area (Å²) in [5.74, 6) is -0.306. The topological polar surface area (TPSA) is 82.1 Å². The fourth-order valence-electron chi connectivity index (χ4n) is 2.20. The van der Waals surface area contributed by atoms with Crippen molar-refractivity contribution in [2.75, 3.05) is 6.61 Å². The van der Waals surface area contributed by atoms with Gasteiger partial charge in [0.1, 0.15) is 0 Å². The number of rotatable bonds is 6. The minimum absolute atomic E-state index is 0.122. The summed E-state index contributed by atoms with van der Waals surface area (Å²) in [4.78, 5) is 18.4. The molecule has 0 aromatic carbocycles. The quantitative estimate of drug-likeness (QED) is 0.854. The molecular formula is C15H19ClN4O2. The van der Waals surface area contributed by atoms with Crippen molar-refractivity contribution in [2.24, 2.45) is 0 Å². The number of nitrogens with one attached hydrogen (secondary N) is 1. The fourth-order valence-corrected chi connectivity index (χ4v) is 2.36. The van der Waals surface area contributed by atoms with Gasteiger partial charge in [-0.3, -0.25) is 14.9 Å². The van der Waals surface area contributed by atoms with Crippen LogP contribution in [0.3, 0.4) is 0 Å². The highest BCUT2D eigenvalue weighted by molar-refractivity contribution is 6.34. The molecule has 6 nitrogen and oxygen atoms in total. The van der Waals surface area contributed by atoms with Crippen LogP contribution in [0.1, 0.15) is 35.1 Å². The Labute approximate surface area is 134 Å². The van der Waals surface area contributed by atoms with Crippen LogP contribution in [0.25, 0.3) is 0 Å². The van der Waals surface area contributed by atoms with E-state index in [1.807, 2.05) is 19.1 Å². The van der Waals surface area contributed by atoms with Crippen LogP contribution in [-0.4, -0.2) is 43.7 Å². The van der Waals surface area contributed by atoms with Crippen LogP contribution < -0.4 is 0 Å². The highest BCUT2D eigenvalue weighted by atomic mass is 35.5. The molecule has 0 saturated carbocycles. The van der Waals surface area contributed by atoms with Gasteiger partial charge in [-0.15, -0.1) is 0 Å². The highest BCUT2D eigenvalue weighted by Crippen LogP contribution is 2.21. The number of aliphatic hydroxyl groups is 1. The zero-order chi connectivity index (χ0) is 16.1. The van der Waals surface area contributed by atoms with Gasteiger partial charge < -0.3 is 10.0 Å². The summed E-state index contributed by atoms with van der Waals surface area (Å²) < 4.78 is 0. The summed E-state index contributed by atoms with van der Waals surface area (Å²) in [6, 6.07) is 3.39. The maximum atomic E-state index is 12.8. The van der Waals surface area contributed by atoms with Crippen LogP contribution in [0.15, 0.2) is 24.5 Å². The predicted octanol–water partition coefficient (Wildman–Crippen LogP) is 2.18. The SMILES string of the molecule is CC[C@@H](CO)N(Cc1cccnc1)C(=O)c1n[nH]c(C)c1Cl. The molecule has 0 fully saturated rings. The Balaban J connectivity index is 2.31. The first-order valence-electron chi connectivity index (χ1n) is 7.09. The molecule has 2 heterocycles. The number of carbonyl (C=O) groups excluding carboxylic acids is 1. The van der Waals surface area contributed by atoms with Crippen LogP contribution in [-0.2, 0) is 6.54 Å². The summed E-state index contributed by atoms with van der Waals surface area (Å²) in [6.45, 7) is 3.89. The summed E-state index contributed by atoms with van der Waals surface area (Å²) in [5.41, 5.74) is 1.70. The molecule has 0 aliphatic rings. The van der Waals surface area contributed by atoms with Gasteiger partial charge in [0.2, 0.25) is 0 Å². The summed E-state index contributed by atoms with van der Waals surface area (Å²) in [5, 5.41) is 16.6. The van der Waals surface area contributed by atoms with Crippen LogP contribution in [0.2, 0.25) is 5.02 Å². The molecule has 1 atom stereocenters. The van der Waals surface area contributed by atoms with Crippen molar-refractivity contribution < 1.29 is 9.90 Å². The molecule has 2 N–H and O–H groups in total. The van der Waals surface area contributed by atoms with E-state index in [9.17, 15) is 9.90 Å². The summed E-state index contributed by atoms with van der Waals surface area (Å²) >= 11 is 6.13. The normalized spacial score (nSPS) is 12.2. The van der Waals surface area contributed by atoms with Gasteiger partial charge in [-0.2, -0.15) is 5.10 Å². The molecule has 0 spiro atoms. The molecule has 0 saturated heterocycles. The van der Waals surface area contributed by atoms with Crippen molar-refractivity contribution in [1.29, 1.82) is 0 Å². The van der Waals surface area contributed by atoms with E-state index >= 15 is 0 Å². The number of aromatic nitrogens is 3. The standard InChI is InChI=1S/C15H19ClN4O2/c1-3-12(9-21)20(8-11-5-4-6-17-7-11)15(22)14-13(16)10(2)18-19-14/h4-7,12,21H,3,8-9H2,1-2H3,(H,18,19)/t12-/m0/s1. The number of nitrogens with zero attached hydrogens (tertiary/aromatic N) is 3. The molecule has 118 valence electrons. The lowest BCUT2D eigenvalue weighted by molar-refractivity contribution is 0.0558. The smallest absolute Gasteiger partial charge is 0.276 e. The third-order valence-corrected chi connectivity index (χ3v) is 4.00. The van der Waals surface area contributed by atoms with Gasteiger partial charge >= 0.3 is 0 Å². The van der Waals surface area contributed by atoms with Gasteiger partial charge in [-0.05, 0) is 25.0 Å². The zero-order valence-electron chi connectivity index (χ0n) is 12.6. The lowest BCUT2D eigenvalue weighted by atomic mass is 10.1. The molecule has 22 heavy (non-hydrogen) atoms. The second-order valence-corrected chi connectivity index (χ2v) is 5.43. The largest absolute Gasteiger partial charge is 0.394 e. The van der Waals surface area contributed by atoms with E-state index in [0.29, 0.717) is 23.7 Å². The average molecular weight is 323 g/mol. The number of hydrogen-bond acceptors (Lipinski definition) is 4. The average Bonchev–Trinajstić information content (AvgIpc) is 2.87. The predicted molar refractivity (Wildman–Crippen MR) is 83.6 cm³/mol. The minimum Gasteiger partial charge on any atom is -0.394 e. The third-order valence-electron chi connectivity index (χ3n) is 3.53. The first kappa shape index (κ1) is 16.5. The van der Waals surface area contributed by atoms with E-state index in [2.05, 4.69) is 15.2 Å². The summed E-state index contributed by atoms with van der Waals surface area (Å²) in [6.07, 6.45) is 4.00. The molecule has 0 aliphatic carbocycles. The highest BCUT2D eigenvalue weighted by Gasteiger charge is 2.27. The molecule has 0 bridgehead atoms. The number of hydrogen-bond donors (Lipinski definition) is 2. The zero-order valence-corrected chi connectivity index (χ0v) is 13.3. The maximum absolute atomic E-state index is 12.8. The number of halogens is 1. The Morgan fingerprint density at radius 2 is 2.32 bits per heavy atom. The number of H-pyrrole nitrogens is 1. The Kier molecular flexibility index (Phi) is 5.51. The van der Waals surface area contributed by atoms with E-state index < -0.39 is 0 Å². The lowest BCUT2D eigenvalue weighted by Crippen LogP contribution is -2.42. The first-order chi connectivity index (χ1) is 10.6. The second-order valence-electron chi connectivity index (χ2n) is 5.05. The van der Waals surface area contributed by atoms with Crippen LogP contribution in [0, 0.1) is 6.92 Å². The number of aliphatic hydroxyl groups excluding tert-OH is 1. The summed E-state index contributed by atoms with van der Waals surface area (Å²) in [7, 11) is 0. The maximum Gasteiger partial charge on any atom is 0.276 e. The van der Waals surface area contributed by atoms with Gasteiger partial charge in [-0.1, -0.05) is 24.6 Å². The lowest BCUT2D eigenvalue weighted by Gasteiger charge is -2.29. The van der Waals surface area contributed by atoms with Crippen molar-refractivity contribution in [3.8, 4) is 0 Å². The molecule has 2 aromatic rings. The van der Waals surface area contributed by atoms with E-state index in [-0.39, 0.29) is 24.2 Å². The van der Waals surface area contributed by atoms with E-state index in [1.165, 1.54) is 0 Å². The molecule has 0 radical (unpaired) electrons. The van der Waals surface area contributed by atoms with Crippen molar-refractivity contribution in [3.05, 3.63) is 46.5 Å². The molecular weight excluding hydrogens is 304 g/mol. The van der Waals surface area contributed by atoms with Gasteiger partial charge in [0.25, 0.3) is 5.91 Å². The molecule has 0 unspecified atom stereocenters. The molecule has 7 heteroatoms. The van der Waals surface area contributed by atoms with E-state index in [4.69, 9.17) is 11.6 Å². The van der Waals surface area contributed by atoms with E-state index in [0.717, 1.165) is 5.56 Å². The van der Waals surface area contributed by atoms with Crippen LogP contribution in [0.4, 0.5) is 0 Å². The fraction of sp³-hybridized carbons (Fsp3) is 0.400. The number of pyridine rings is 1. The Morgan fingerprint density at radius 3 is 2.82 bits per heavy atom. The van der Waals surface area contributed by atoms with Gasteiger partial charge in [0, 0.05) is 18.9 Å². The van der Waals surface area contributed by atoms with Crippen LogP contribution in [0.5, 0.6) is 0 Å². The monoisotopic (exact) mass is 322 g/mol. The van der Waals surface area contributed by atoms with Crippen molar-refractivity contribution in [2.45, 2.75) is 32.9 Å². The number of amides is 1. The molecule has 2 rings (SSSR count). The third kappa shape index (κ3) is 3.45. The first-order valence-corrected chi connectivity index (χ1v) is 7.47. The number of aryl methyl sites for hydroxylation is 1. The van der Waals surface area contributed by atoms with E-state index in [1.54, 1.807) is 24.2 Å². The molecule has 1 amide bonds. The number of carbonyl (C=O) groups is 1. The van der Waals surface area contributed by atoms with Crippen molar-refractivity contribution in [1.82, 2.24) is 20.1 Å². The van der Waals surface area contributed by atoms with Gasteiger partial charge in [-0.25, -0.2) is 0 Å².